The van der Waals surface area contributed by atoms with Crippen LogP contribution in [0.25, 0.3) is 33.4 Å². The van der Waals surface area contributed by atoms with Crippen molar-refractivity contribution >= 4 is 22.6 Å². The summed E-state index contributed by atoms with van der Waals surface area (Å²) in [6.07, 6.45) is -5.19. The fraction of sp³-hybridized carbons (Fsp3) is 0.0476. The lowest BCUT2D eigenvalue weighted by molar-refractivity contribution is -0.344. The monoisotopic (exact) mass is 418 g/mol. The van der Waals surface area contributed by atoms with Gasteiger partial charge in [-0.3, -0.25) is 5.41 Å². The number of carbonyl (C=O) groups is 1. The SMILES string of the molecule is Nc1ccc2c(-c3ccc(F)cc3)c3ccc(=[NH2+])cc-3oc2c1.O=C([O-])C(F)(F)F. The number of aliphatic carboxylic acids is 1. The molecule has 0 amide bonds. The van der Waals surface area contributed by atoms with Crippen LogP contribution in [0.15, 0.2) is 65.1 Å². The van der Waals surface area contributed by atoms with Gasteiger partial charge in [0.25, 0.3) is 0 Å². The van der Waals surface area contributed by atoms with Gasteiger partial charge in [-0.2, -0.15) is 13.2 Å². The van der Waals surface area contributed by atoms with Crippen LogP contribution in [0.2, 0.25) is 0 Å². The Bertz CT molecular complexity index is 1250. The molecule has 0 saturated carbocycles. The molecule has 0 aromatic heterocycles. The average Bonchev–Trinajstić information content (AvgIpc) is 2.66. The molecule has 2 aromatic carbocycles. The van der Waals surface area contributed by atoms with Gasteiger partial charge < -0.3 is 20.1 Å². The van der Waals surface area contributed by atoms with E-state index in [-0.39, 0.29) is 5.82 Å². The summed E-state index contributed by atoms with van der Waals surface area (Å²) in [6.45, 7) is 0. The summed E-state index contributed by atoms with van der Waals surface area (Å²) < 4.78 is 50.8. The first-order valence-electron chi connectivity index (χ1n) is 8.45. The van der Waals surface area contributed by atoms with Crippen molar-refractivity contribution < 1.29 is 37.3 Å². The molecule has 1 aliphatic heterocycles. The van der Waals surface area contributed by atoms with Gasteiger partial charge >= 0.3 is 6.18 Å². The first-order chi connectivity index (χ1) is 14.1. The minimum Gasteiger partial charge on any atom is -0.542 e. The van der Waals surface area contributed by atoms with Crippen molar-refractivity contribution in [3.63, 3.8) is 0 Å². The molecule has 0 atom stereocenters. The van der Waals surface area contributed by atoms with Crippen molar-refractivity contribution in [1.29, 1.82) is 0 Å². The molecule has 30 heavy (non-hydrogen) atoms. The number of rotatable bonds is 1. The van der Waals surface area contributed by atoms with E-state index in [9.17, 15) is 17.6 Å². The Morgan fingerprint density at radius 2 is 1.63 bits per heavy atom. The summed E-state index contributed by atoms with van der Waals surface area (Å²) in [6, 6.07) is 17.5. The highest BCUT2D eigenvalue weighted by atomic mass is 19.4. The van der Waals surface area contributed by atoms with E-state index in [1.165, 1.54) is 12.1 Å². The number of carboxylic acid groups (broad SMARTS) is 1. The molecule has 1 aliphatic carbocycles. The summed E-state index contributed by atoms with van der Waals surface area (Å²) in [7, 11) is 0. The van der Waals surface area contributed by atoms with E-state index in [1.807, 2.05) is 24.3 Å². The maximum atomic E-state index is 13.3. The van der Waals surface area contributed by atoms with Gasteiger partial charge in [-0.05, 0) is 35.9 Å². The van der Waals surface area contributed by atoms with Crippen LogP contribution in [-0.2, 0) is 4.79 Å². The number of nitrogen functional groups attached to an aromatic ring is 1. The van der Waals surface area contributed by atoms with Gasteiger partial charge in [-0.15, -0.1) is 0 Å². The second kappa shape index (κ2) is 7.86. The van der Waals surface area contributed by atoms with Crippen molar-refractivity contribution in [3.8, 4) is 22.5 Å². The minimum absolute atomic E-state index is 0.267. The highest BCUT2D eigenvalue weighted by molar-refractivity contribution is 6.02. The van der Waals surface area contributed by atoms with Crippen molar-refractivity contribution in [2.75, 3.05) is 5.73 Å². The molecule has 0 bridgehead atoms. The Morgan fingerprint density at radius 3 is 2.23 bits per heavy atom. The van der Waals surface area contributed by atoms with Crippen LogP contribution in [0.5, 0.6) is 0 Å². The molecule has 4 rings (SSSR count). The fourth-order valence-corrected chi connectivity index (χ4v) is 2.85. The van der Waals surface area contributed by atoms with Gasteiger partial charge in [0.2, 0.25) is 0 Å². The van der Waals surface area contributed by atoms with Crippen molar-refractivity contribution in [3.05, 3.63) is 71.8 Å². The lowest BCUT2D eigenvalue weighted by Gasteiger charge is -2.15. The van der Waals surface area contributed by atoms with Gasteiger partial charge in [-0.25, -0.2) is 4.39 Å². The number of carbonyl (C=O) groups excluding carboxylic acids is 1. The van der Waals surface area contributed by atoms with Gasteiger partial charge in [0.1, 0.15) is 23.1 Å². The lowest BCUT2D eigenvalue weighted by Crippen LogP contribution is -2.44. The standard InChI is InChI=1S/C19H13FN2O.C2HF3O2/c20-12-3-1-11(2-4-12)19-15-7-5-13(21)9-17(15)23-18-10-14(22)6-8-16(18)19;3-2(4,5)1(6)7/h1-10,21H,22H2;(H,6,7). The van der Waals surface area contributed by atoms with Crippen molar-refractivity contribution in [2.45, 2.75) is 6.18 Å². The fourth-order valence-electron chi connectivity index (χ4n) is 2.85. The molecule has 0 saturated heterocycles. The number of hydrogen-bond donors (Lipinski definition) is 2. The molecule has 0 radical (unpaired) electrons. The topological polar surface area (TPSA) is 105 Å². The van der Waals surface area contributed by atoms with E-state index >= 15 is 0 Å². The van der Waals surface area contributed by atoms with Crippen LogP contribution >= 0.6 is 0 Å². The van der Waals surface area contributed by atoms with Gasteiger partial charge in [0.05, 0.1) is 6.07 Å². The number of fused-ring (bicyclic) bond motifs is 2. The van der Waals surface area contributed by atoms with Crippen molar-refractivity contribution in [1.82, 2.24) is 0 Å². The Kier molecular flexibility index (Phi) is 5.46. The molecular weight excluding hydrogens is 404 g/mol. The zero-order valence-electron chi connectivity index (χ0n) is 15.2. The van der Waals surface area contributed by atoms with Gasteiger partial charge in [0, 0.05) is 34.3 Å². The first kappa shape index (κ1) is 20.8. The third-order valence-electron chi connectivity index (χ3n) is 4.13. The molecule has 4 N–H and O–H groups in total. The van der Waals surface area contributed by atoms with Crippen LogP contribution in [0.4, 0.5) is 23.2 Å². The third kappa shape index (κ3) is 4.40. The minimum atomic E-state index is -5.19. The molecule has 2 aliphatic rings. The number of hydrogen-bond acceptors (Lipinski definition) is 4. The zero-order chi connectivity index (χ0) is 22.1. The second-order valence-corrected chi connectivity index (χ2v) is 6.28. The van der Waals surface area contributed by atoms with Crippen LogP contribution in [0.1, 0.15) is 0 Å². The molecule has 9 heteroatoms. The normalized spacial score (nSPS) is 11.2. The van der Waals surface area contributed by atoms with E-state index in [4.69, 9.17) is 25.5 Å². The second-order valence-electron chi connectivity index (χ2n) is 6.28. The predicted octanol–water partition coefficient (Wildman–Crippen LogP) is 1.88. The highest BCUT2D eigenvalue weighted by Gasteiger charge is 2.28. The zero-order valence-corrected chi connectivity index (χ0v) is 15.2. The van der Waals surface area contributed by atoms with Gasteiger partial charge in [-0.1, -0.05) is 12.1 Å². The predicted molar refractivity (Wildman–Crippen MR) is 98.8 cm³/mol. The molecular formula is C21H14F4N2O3. The average molecular weight is 418 g/mol. The number of benzene rings is 3. The molecule has 0 spiro atoms. The Labute approximate surface area is 166 Å². The Hall–Kier alpha value is -3.88. The summed E-state index contributed by atoms with van der Waals surface area (Å²) in [5, 5.41) is 16.2. The van der Waals surface area contributed by atoms with Crippen LogP contribution in [-0.4, -0.2) is 12.1 Å². The summed E-state index contributed by atoms with van der Waals surface area (Å²) >= 11 is 0. The van der Waals surface area contributed by atoms with Crippen LogP contribution in [0.3, 0.4) is 0 Å². The van der Waals surface area contributed by atoms with E-state index in [2.05, 4.69) is 0 Å². The number of halogens is 4. The van der Waals surface area contributed by atoms with Crippen LogP contribution < -0.4 is 21.6 Å². The molecule has 0 fully saturated rings. The van der Waals surface area contributed by atoms with Gasteiger partial charge in [0.15, 0.2) is 5.36 Å². The summed E-state index contributed by atoms with van der Waals surface area (Å²) in [4.78, 5) is 8.78. The maximum Gasteiger partial charge on any atom is 0.430 e. The molecule has 154 valence electrons. The molecule has 2 aromatic rings. The molecule has 1 heterocycles. The summed E-state index contributed by atoms with van der Waals surface area (Å²) in [5.74, 6) is -2.61. The van der Waals surface area contributed by atoms with Crippen molar-refractivity contribution in [2.24, 2.45) is 0 Å². The Morgan fingerprint density at radius 1 is 1.00 bits per heavy atom. The first-order valence-corrected chi connectivity index (χ1v) is 8.45. The Balaban J connectivity index is 0.000000318. The number of alkyl halides is 3. The van der Waals surface area contributed by atoms with E-state index in [0.29, 0.717) is 22.4 Å². The number of carboxylic acids is 1. The van der Waals surface area contributed by atoms with E-state index < -0.39 is 12.1 Å². The smallest absolute Gasteiger partial charge is 0.430 e. The largest absolute Gasteiger partial charge is 0.542 e. The van der Waals surface area contributed by atoms with Crippen LogP contribution in [0, 0.1) is 5.82 Å². The molecule has 0 unspecified atom stereocenters. The molecule has 5 nitrogen and oxygen atoms in total. The quantitative estimate of drug-likeness (QED) is 0.280. The third-order valence-corrected chi connectivity index (χ3v) is 4.13. The summed E-state index contributed by atoms with van der Waals surface area (Å²) in [5.41, 5.74) is 9.96. The number of nitrogens with two attached hydrogens (primary N) is 2. The van der Waals surface area contributed by atoms with E-state index in [1.54, 1.807) is 24.3 Å². The lowest BCUT2D eigenvalue weighted by atomic mass is 9.93. The number of anilines is 1. The van der Waals surface area contributed by atoms with E-state index in [0.717, 1.165) is 22.1 Å². The highest BCUT2D eigenvalue weighted by Crippen LogP contribution is 2.40. The maximum absolute atomic E-state index is 13.3.